The van der Waals surface area contributed by atoms with Crippen LogP contribution in [-0.2, 0) is 0 Å². The van der Waals surface area contributed by atoms with Gasteiger partial charge in [0, 0.05) is 6.54 Å². The molecule has 0 radical (unpaired) electrons. The van der Waals surface area contributed by atoms with E-state index >= 15 is 0 Å². The monoisotopic (exact) mass is 266 g/mol. The zero-order valence-corrected chi connectivity index (χ0v) is 12.8. The second-order valence-electron chi connectivity index (χ2n) is 5.28. The van der Waals surface area contributed by atoms with Crippen molar-refractivity contribution in [3.63, 3.8) is 0 Å². The van der Waals surface area contributed by atoms with Gasteiger partial charge in [-0.2, -0.15) is 0 Å². The number of hydrogen-bond donors (Lipinski definition) is 1. The summed E-state index contributed by atoms with van der Waals surface area (Å²) in [6.45, 7) is 5.58. The first-order valence-electron chi connectivity index (χ1n) is 8.21. The molecule has 0 amide bonds. The second kappa shape index (κ2) is 17.4. The van der Waals surface area contributed by atoms with E-state index in [2.05, 4.69) is 17.8 Å². The maximum absolute atomic E-state index is 5.45. The molecule has 0 spiro atoms. The van der Waals surface area contributed by atoms with Gasteiger partial charge in [-0.3, -0.25) is 4.99 Å². The average molecular weight is 266 g/mol. The number of allylic oxidation sites excluding steroid dienone is 1. The lowest BCUT2D eigenvalue weighted by Gasteiger charge is -1.99. The normalized spacial score (nSPS) is 11.2. The summed E-state index contributed by atoms with van der Waals surface area (Å²) in [4.78, 5) is 4.46. The molecular formula is C17H34N2. The molecule has 0 aliphatic heterocycles. The fourth-order valence-electron chi connectivity index (χ4n) is 2.11. The van der Waals surface area contributed by atoms with Crippen molar-refractivity contribution < 1.29 is 0 Å². The van der Waals surface area contributed by atoms with E-state index < -0.39 is 0 Å². The van der Waals surface area contributed by atoms with Crippen LogP contribution in [0.2, 0.25) is 0 Å². The fraction of sp³-hybridized carbons (Fsp3) is 0.824. The topological polar surface area (TPSA) is 38.4 Å². The first kappa shape index (κ1) is 18.4. The third-order valence-electron chi connectivity index (χ3n) is 3.36. The van der Waals surface area contributed by atoms with Crippen LogP contribution in [0, 0.1) is 0 Å². The van der Waals surface area contributed by atoms with Crippen LogP contribution in [0.4, 0.5) is 0 Å². The highest BCUT2D eigenvalue weighted by Gasteiger charge is 1.90. The molecule has 2 N–H and O–H groups in total. The van der Waals surface area contributed by atoms with Gasteiger partial charge in [0.1, 0.15) is 0 Å². The molecule has 0 saturated carbocycles. The van der Waals surface area contributed by atoms with E-state index in [0.717, 1.165) is 25.9 Å². The van der Waals surface area contributed by atoms with E-state index in [9.17, 15) is 0 Å². The van der Waals surface area contributed by atoms with Crippen LogP contribution in [0.3, 0.4) is 0 Å². The van der Waals surface area contributed by atoms with Gasteiger partial charge in [0.05, 0.1) is 0 Å². The molecule has 0 aromatic heterocycles. The Labute approximate surface area is 120 Å². The largest absolute Gasteiger partial charge is 0.330 e. The molecule has 0 fully saturated rings. The molecule has 0 atom stereocenters. The van der Waals surface area contributed by atoms with Crippen LogP contribution in [-0.4, -0.2) is 19.3 Å². The molecule has 0 aromatic rings. The molecule has 0 unspecified atom stereocenters. The third-order valence-corrected chi connectivity index (χ3v) is 3.36. The van der Waals surface area contributed by atoms with Crippen molar-refractivity contribution in [2.45, 2.75) is 77.0 Å². The van der Waals surface area contributed by atoms with E-state index in [0.29, 0.717) is 0 Å². The van der Waals surface area contributed by atoms with E-state index in [-0.39, 0.29) is 0 Å². The lowest BCUT2D eigenvalue weighted by atomic mass is 10.1. The lowest BCUT2D eigenvalue weighted by Crippen LogP contribution is -1.97. The molecular weight excluding hydrogens is 232 g/mol. The maximum Gasteiger partial charge on any atom is 0.0385 e. The minimum absolute atomic E-state index is 0.830. The number of nitrogens with two attached hydrogens (primary N) is 1. The third kappa shape index (κ3) is 17.4. The van der Waals surface area contributed by atoms with Crippen molar-refractivity contribution in [2.75, 3.05) is 13.1 Å². The molecule has 0 saturated heterocycles. The van der Waals surface area contributed by atoms with Crippen LogP contribution in [0.25, 0.3) is 0 Å². The number of rotatable bonds is 15. The number of hydrogen-bond acceptors (Lipinski definition) is 2. The summed E-state index contributed by atoms with van der Waals surface area (Å²) in [6, 6.07) is 0. The molecule has 19 heavy (non-hydrogen) atoms. The Morgan fingerprint density at radius 1 is 0.737 bits per heavy atom. The number of unbranched alkanes of at least 4 members (excludes halogenated alkanes) is 10. The van der Waals surface area contributed by atoms with Gasteiger partial charge in [0.2, 0.25) is 0 Å². The van der Waals surface area contributed by atoms with Crippen LogP contribution in [0.1, 0.15) is 77.0 Å². The summed E-state index contributed by atoms with van der Waals surface area (Å²) in [7, 11) is 0. The fourth-order valence-corrected chi connectivity index (χ4v) is 2.11. The molecule has 0 heterocycles. The van der Waals surface area contributed by atoms with Gasteiger partial charge in [-0.05, 0) is 51.3 Å². The highest BCUT2D eigenvalue weighted by atomic mass is 14.7. The van der Waals surface area contributed by atoms with Crippen molar-refractivity contribution in [2.24, 2.45) is 10.7 Å². The van der Waals surface area contributed by atoms with E-state index in [4.69, 9.17) is 5.73 Å². The summed E-state index contributed by atoms with van der Waals surface area (Å²) in [6.07, 6.45) is 19.5. The van der Waals surface area contributed by atoms with Crippen LogP contribution in [0.15, 0.2) is 17.6 Å². The highest BCUT2D eigenvalue weighted by molar-refractivity contribution is 5.56. The standard InChI is InChI=1S/C17H34N2/c1-2-3-4-5-6-7-8-10-13-16-19-17-14-11-9-12-15-18/h2,16H,1,3-15,17-18H2. The van der Waals surface area contributed by atoms with Gasteiger partial charge in [0.15, 0.2) is 0 Å². The minimum Gasteiger partial charge on any atom is -0.330 e. The predicted octanol–water partition coefficient (Wildman–Crippen LogP) is 4.88. The first-order chi connectivity index (χ1) is 9.41. The Balaban J connectivity index is 3.02. The van der Waals surface area contributed by atoms with Crippen LogP contribution >= 0.6 is 0 Å². The van der Waals surface area contributed by atoms with Crippen LogP contribution < -0.4 is 5.73 Å². The van der Waals surface area contributed by atoms with Gasteiger partial charge in [-0.15, -0.1) is 6.58 Å². The van der Waals surface area contributed by atoms with Crippen molar-refractivity contribution in [1.29, 1.82) is 0 Å². The molecule has 0 aromatic carbocycles. The zero-order chi connectivity index (χ0) is 14.0. The van der Waals surface area contributed by atoms with Gasteiger partial charge < -0.3 is 5.73 Å². The molecule has 0 bridgehead atoms. The predicted molar refractivity (Wildman–Crippen MR) is 88.0 cm³/mol. The smallest absolute Gasteiger partial charge is 0.0385 e. The van der Waals surface area contributed by atoms with E-state index in [1.807, 2.05) is 6.08 Å². The Kier molecular flexibility index (Phi) is 16.8. The SMILES string of the molecule is C=CCCCCCCCCC=NCCCCCCN. The maximum atomic E-state index is 5.45. The summed E-state index contributed by atoms with van der Waals surface area (Å²) in [5, 5.41) is 0. The van der Waals surface area contributed by atoms with Gasteiger partial charge in [-0.25, -0.2) is 0 Å². The Hall–Kier alpha value is -0.630. The number of nitrogens with zero attached hydrogens (tertiary/aromatic N) is 1. The molecule has 2 nitrogen and oxygen atoms in total. The lowest BCUT2D eigenvalue weighted by molar-refractivity contribution is 0.604. The van der Waals surface area contributed by atoms with Gasteiger partial charge in [0.25, 0.3) is 0 Å². The molecule has 112 valence electrons. The quantitative estimate of drug-likeness (QED) is 0.256. The second-order valence-corrected chi connectivity index (χ2v) is 5.28. The van der Waals surface area contributed by atoms with Crippen molar-refractivity contribution in [3.8, 4) is 0 Å². The molecule has 0 aliphatic rings. The van der Waals surface area contributed by atoms with Crippen molar-refractivity contribution in [3.05, 3.63) is 12.7 Å². The van der Waals surface area contributed by atoms with E-state index in [1.165, 1.54) is 64.2 Å². The minimum atomic E-state index is 0.830. The Bertz CT molecular complexity index is 199. The highest BCUT2D eigenvalue weighted by Crippen LogP contribution is 2.08. The molecule has 2 heteroatoms. The molecule has 0 aliphatic carbocycles. The van der Waals surface area contributed by atoms with Crippen molar-refractivity contribution >= 4 is 6.21 Å². The summed E-state index contributed by atoms with van der Waals surface area (Å²) in [5.74, 6) is 0. The van der Waals surface area contributed by atoms with Gasteiger partial charge >= 0.3 is 0 Å². The van der Waals surface area contributed by atoms with Crippen LogP contribution in [0.5, 0.6) is 0 Å². The zero-order valence-electron chi connectivity index (χ0n) is 12.8. The summed E-state index contributed by atoms with van der Waals surface area (Å²) >= 11 is 0. The van der Waals surface area contributed by atoms with E-state index in [1.54, 1.807) is 0 Å². The number of aliphatic imine (C=N–C) groups is 1. The summed E-state index contributed by atoms with van der Waals surface area (Å²) in [5.41, 5.74) is 5.45. The average Bonchev–Trinajstić information content (AvgIpc) is 2.43. The van der Waals surface area contributed by atoms with Gasteiger partial charge in [-0.1, -0.05) is 44.6 Å². The Morgan fingerprint density at radius 3 is 2.00 bits per heavy atom. The Morgan fingerprint density at radius 2 is 1.32 bits per heavy atom. The van der Waals surface area contributed by atoms with Crippen molar-refractivity contribution in [1.82, 2.24) is 0 Å². The summed E-state index contributed by atoms with van der Waals surface area (Å²) < 4.78 is 0. The first-order valence-corrected chi connectivity index (χ1v) is 8.21. The molecule has 0 rings (SSSR count).